The average molecular weight is 614 g/mol. The van der Waals surface area contributed by atoms with Crippen molar-refractivity contribution >= 4 is 55.8 Å². The van der Waals surface area contributed by atoms with E-state index in [-0.39, 0.29) is 11.8 Å². The van der Waals surface area contributed by atoms with Crippen LogP contribution in [0.25, 0.3) is 10.9 Å². The Morgan fingerprint density at radius 3 is 2.70 bits per heavy atom. The van der Waals surface area contributed by atoms with Gasteiger partial charge in [-0.1, -0.05) is 29.4 Å². The van der Waals surface area contributed by atoms with Crippen LogP contribution in [-0.2, 0) is 9.59 Å². The number of nitrogens with one attached hydrogen (secondary N) is 3. The Morgan fingerprint density at radius 1 is 1.18 bits per heavy atom. The minimum atomic E-state index is -0.410. The van der Waals surface area contributed by atoms with E-state index in [9.17, 15) is 14.0 Å². The molecule has 1 fully saturated rings. The van der Waals surface area contributed by atoms with E-state index in [1.54, 1.807) is 12.1 Å². The van der Waals surface area contributed by atoms with Crippen LogP contribution in [0.2, 0.25) is 0 Å². The number of aromatic nitrogens is 2. The topological polar surface area (TPSA) is 108 Å². The molecule has 212 valence electrons. The predicted molar refractivity (Wildman–Crippen MR) is 158 cm³/mol. The monoisotopic (exact) mass is 612 g/mol. The van der Waals surface area contributed by atoms with E-state index in [1.165, 1.54) is 18.5 Å². The van der Waals surface area contributed by atoms with Gasteiger partial charge in [-0.05, 0) is 55.5 Å². The summed E-state index contributed by atoms with van der Waals surface area (Å²) in [6.45, 7) is 8.43. The molecule has 1 saturated heterocycles. The third-order valence-corrected chi connectivity index (χ3v) is 7.31. The highest BCUT2D eigenvalue weighted by Gasteiger charge is 2.23. The summed E-state index contributed by atoms with van der Waals surface area (Å²) in [7, 11) is 0. The van der Waals surface area contributed by atoms with Gasteiger partial charge in [0.05, 0.1) is 23.5 Å². The van der Waals surface area contributed by atoms with Crippen molar-refractivity contribution in [3.05, 3.63) is 59.6 Å². The molecule has 3 N–H and O–H groups in total. The third kappa shape index (κ3) is 7.68. The van der Waals surface area contributed by atoms with Crippen molar-refractivity contribution in [2.45, 2.75) is 32.6 Å². The van der Waals surface area contributed by atoms with E-state index in [2.05, 4.69) is 48.4 Å². The molecule has 1 aliphatic heterocycles. The van der Waals surface area contributed by atoms with E-state index in [0.29, 0.717) is 71.1 Å². The van der Waals surface area contributed by atoms with Crippen molar-refractivity contribution in [3.63, 3.8) is 0 Å². The zero-order chi connectivity index (χ0) is 28.5. The first-order chi connectivity index (χ1) is 19.4. The molecule has 0 bridgehead atoms. The molecule has 1 aromatic heterocycles. The lowest BCUT2D eigenvalue weighted by atomic mass is 9.97. The van der Waals surface area contributed by atoms with Crippen LogP contribution < -0.4 is 20.7 Å². The number of nitrogens with zero attached hydrogens (tertiary/aromatic N) is 3. The number of halogens is 2. The first-order valence-corrected chi connectivity index (χ1v) is 14.2. The van der Waals surface area contributed by atoms with E-state index in [1.807, 2.05) is 24.0 Å². The molecule has 0 radical (unpaired) electrons. The maximum atomic E-state index is 14.5. The molecule has 2 heterocycles. The highest BCUT2D eigenvalue weighted by molar-refractivity contribution is 9.10. The molecule has 3 aromatic rings. The zero-order valence-electron chi connectivity index (χ0n) is 22.5. The number of ether oxygens (including phenoxy) is 1. The lowest BCUT2D eigenvalue weighted by molar-refractivity contribution is -0.132. The summed E-state index contributed by atoms with van der Waals surface area (Å²) in [6, 6.07) is 8.53. The molecule has 2 amide bonds. The number of fused-ring (bicyclic) bond motifs is 1. The van der Waals surface area contributed by atoms with Crippen LogP contribution in [0.15, 0.2) is 53.8 Å². The quantitative estimate of drug-likeness (QED) is 0.185. The minimum absolute atomic E-state index is 0.191. The number of hydrogen-bond acceptors (Lipinski definition) is 7. The number of benzene rings is 2. The van der Waals surface area contributed by atoms with Gasteiger partial charge in [0.25, 0.3) is 0 Å². The van der Waals surface area contributed by atoms with Gasteiger partial charge in [-0.2, -0.15) is 0 Å². The maximum Gasteiger partial charge on any atom is 0.243 e. The number of amides is 2. The van der Waals surface area contributed by atoms with Gasteiger partial charge in [0.1, 0.15) is 23.7 Å². The van der Waals surface area contributed by atoms with Crippen LogP contribution in [0.4, 0.5) is 21.6 Å². The first kappa shape index (κ1) is 29.3. The van der Waals surface area contributed by atoms with Gasteiger partial charge in [0.15, 0.2) is 0 Å². The summed E-state index contributed by atoms with van der Waals surface area (Å²) < 4.78 is 21.5. The molecule has 11 heteroatoms. The van der Waals surface area contributed by atoms with Gasteiger partial charge in [-0.15, -0.1) is 0 Å². The summed E-state index contributed by atoms with van der Waals surface area (Å²) in [5.74, 6) is 1.02. The smallest absolute Gasteiger partial charge is 0.243 e. The van der Waals surface area contributed by atoms with Crippen molar-refractivity contribution in [1.29, 1.82) is 0 Å². The van der Waals surface area contributed by atoms with Crippen molar-refractivity contribution < 1.29 is 18.7 Å². The molecule has 2 aromatic carbocycles. The standard InChI is InChI=1S/C29H34BrFN6O3/c1-3-27(38)33-11-5-10-32-25-15-21-24(34-18-35-29(21)36-23-7-6-20(30)14-22(23)31)16-26(25)40-17-19-8-12-37(13-9-19)28(39)4-2/h3,6-7,14-16,18-19,32H,1,4-5,8-13,17H2,2H3,(H,33,38)(H,34,35,36). The van der Waals surface area contributed by atoms with Crippen molar-refractivity contribution in [2.24, 2.45) is 5.92 Å². The fraction of sp³-hybridized carbons (Fsp3) is 0.379. The number of anilines is 3. The molecule has 0 unspecified atom stereocenters. The molecule has 0 spiro atoms. The maximum absolute atomic E-state index is 14.5. The summed E-state index contributed by atoms with van der Waals surface area (Å²) in [5.41, 5.74) is 1.69. The van der Waals surface area contributed by atoms with Crippen LogP contribution in [-0.4, -0.2) is 59.5 Å². The Kier molecular flexibility index (Phi) is 10.3. The SMILES string of the molecule is C=CC(=O)NCCCNc1cc2c(Nc3ccc(Br)cc3F)ncnc2cc1OCC1CCN(C(=O)CC)CC1. The van der Waals surface area contributed by atoms with E-state index in [0.717, 1.165) is 31.6 Å². The number of rotatable bonds is 12. The summed E-state index contributed by atoms with van der Waals surface area (Å²) in [5, 5.41) is 9.95. The van der Waals surface area contributed by atoms with Crippen LogP contribution in [0.3, 0.4) is 0 Å². The van der Waals surface area contributed by atoms with Crippen LogP contribution in [0.1, 0.15) is 32.6 Å². The van der Waals surface area contributed by atoms with Gasteiger partial charge in [0.2, 0.25) is 11.8 Å². The fourth-order valence-electron chi connectivity index (χ4n) is 4.53. The first-order valence-electron chi connectivity index (χ1n) is 13.4. The second kappa shape index (κ2) is 14.1. The summed E-state index contributed by atoms with van der Waals surface area (Å²) >= 11 is 3.28. The molecule has 0 saturated carbocycles. The highest BCUT2D eigenvalue weighted by Crippen LogP contribution is 2.34. The molecule has 0 aliphatic carbocycles. The molecule has 0 atom stereocenters. The molecule has 9 nitrogen and oxygen atoms in total. The van der Waals surface area contributed by atoms with Crippen LogP contribution in [0, 0.1) is 11.7 Å². The third-order valence-electron chi connectivity index (χ3n) is 6.82. The number of carbonyl (C=O) groups is 2. The van der Waals surface area contributed by atoms with Gasteiger partial charge in [0, 0.05) is 48.5 Å². The molecular weight excluding hydrogens is 579 g/mol. The fourth-order valence-corrected chi connectivity index (χ4v) is 4.87. The van der Waals surface area contributed by atoms with Gasteiger partial charge in [-0.25, -0.2) is 14.4 Å². The lowest BCUT2D eigenvalue weighted by Crippen LogP contribution is -2.39. The van der Waals surface area contributed by atoms with E-state index in [4.69, 9.17) is 4.74 Å². The second-order valence-corrected chi connectivity index (χ2v) is 10.5. The predicted octanol–water partition coefficient (Wildman–Crippen LogP) is 5.41. The van der Waals surface area contributed by atoms with Crippen LogP contribution >= 0.6 is 15.9 Å². The molecular formula is C29H34BrFN6O3. The number of carbonyl (C=O) groups excluding carboxylic acids is 2. The average Bonchev–Trinajstić information content (AvgIpc) is 2.97. The lowest BCUT2D eigenvalue weighted by Gasteiger charge is -2.32. The zero-order valence-corrected chi connectivity index (χ0v) is 24.1. The number of likely N-dealkylation sites (tertiary alicyclic amines) is 1. The number of hydrogen-bond donors (Lipinski definition) is 3. The minimum Gasteiger partial charge on any atom is -0.491 e. The Labute approximate surface area is 241 Å². The number of piperidine rings is 1. The molecule has 1 aliphatic rings. The largest absolute Gasteiger partial charge is 0.491 e. The van der Waals surface area contributed by atoms with E-state index < -0.39 is 5.82 Å². The highest BCUT2D eigenvalue weighted by atomic mass is 79.9. The summed E-state index contributed by atoms with van der Waals surface area (Å²) in [6.07, 6.45) is 5.66. The normalized spacial score (nSPS) is 13.6. The Bertz CT molecular complexity index is 1360. The molecule has 40 heavy (non-hydrogen) atoms. The Hall–Kier alpha value is -3.73. The Morgan fingerprint density at radius 2 is 1.98 bits per heavy atom. The van der Waals surface area contributed by atoms with Crippen molar-refractivity contribution in [1.82, 2.24) is 20.2 Å². The van der Waals surface area contributed by atoms with Crippen molar-refractivity contribution in [2.75, 3.05) is 43.4 Å². The van der Waals surface area contributed by atoms with Gasteiger partial charge < -0.3 is 25.6 Å². The van der Waals surface area contributed by atoms with Gasteiger partial charge in [-0.3, -0.25) is 9.59 Å². The van der Waals surface area contributed by atoms with E-state index >= 15 is 0 Å². The summed E-state index contributed by atoms with van der Waals surface area (Å²) in [4.78, 5) is 34.2. The van der Waals surface area contributed by atoms with Crippen molar-refractivity contribution in [3.8, 4) is 5.75 Å². The van der Waals surface area contributed by atoms with Gasteiger partial charge >= 0.3 is 0 Å². The Balaban J connectivity index is 1.52. The molecule has 4 rings (SSSR count). The van der Waals surface area contributed by atoms with Crippen LogP contribution in [0.5, 0.6) is 5.75 Å². The second-order valence-electron chi connectivity index (χ2n) is 9.60.